The van der Waals surface area contributed by atoms with Gasteiger partial charge in [-0.1, -0.05) is 17.9 Å². The van der Waals surface area contributed by atoms with Crippen molar-refractivity contribution in [1.29, 1.82) is 0 Å². The quantitative estimate of drug-likeness (QED) is 0.103. The first-order valence-electron chi connectivity index (χ1n) is 11.9. The van der Waals surface area contributed by atoms with Crippen LogP contribution in [-0.2, 0) is 16.0 Å². The van der Waals surface area contributed by atoms with Gasteiger partial charge in [-0.25, -0.2) is 5.48 Å². The number of carbonyl (C=O) groups is 3. The zero-order valence-corrected chi connectivity index (χ0v) is 20.8. The number of pyridine rings is 1. The molecule has 38 heavy (non-hydrogen) atoms. The van der Waals surface area contributed by atoms with Crippen LogP contribution < -0.4 is 21.4 Å². The third-order valence-corrected chi connectivity index (χ3v) is 5.43. The van der Waals surface area contributed by atoms with Crippen LogP contribution in [0.25, 0.3) is 0 Å². The summed E-state index contributed by atoms with van der Waals surface area (Å²) in [6.45, 7) is 2.19. The summed E-state index contributed by atoms with van der Waals surface area (Å²) in [5, 5.41) is 26.7. The van der Waals surface area contributed by atoms with Crippen molar-refractivity contribution in [2.45, 2.75) is 25.5 Å². The number of aromatic nitrogens is 1. The molecule has 6 N–H and O–H groups in total. The van der Waals surface area contributed by atoms with Gasteiger partial charge in [0.1, 0.15) is 6.04 Å². The number of hydrogen-bond donors (Lipinski definition) is 6. The monoisotopic (exact) mass is 515 g/mol. The minimum atomic E-state index is -1.30. The van der Waals surface area contributed by atoms with E-state index in [4.69, 9.17) is 5.21 Å². The fourth-order valence-corrected chi connectivity index (χ4v) is 3.37. The van der Waals surface area contributed by atoms with E-state index in [-0.39, 0.29) is 18.0 Å². The minimum absolute atomic E-state index is 0.143. The molecule has 10 nitrogen and oxygen atoms in total. The van der Waals surface area contributed by atoms with E-state index in [2.05, 4.69) is 32.8 Å². The van der Waals surface area contributed by atoms with Crippen LogP contribution in [0, 0.1) is 11.8 Å². The van der Waals surface area contributed by atoms with Crippen molar-refractivity contribution in [1.82, 2.24) is 21.1 Å². The normalized spacial score (nSPS) is 11.9. The number of hydroxylamine groups is 1. The fourth-order valence-electron chi connectivity index (χ4n) is 3.37. The van der Waals surface area contributed by atoms with Gasteiger partial charge in [0.05, 0.1) is 12.6 Å². The van der Waals surface area contributed by atoms with E-state index in [0.717, 1.165) is 17.5 Å². The lowest BCUT2D eigenvalue weighted by Crippen LogP contribution is -2.51. The summed E-state index contributed by atoms with van der Waals surface area (Å²) in [4.78, 5) is 40.2. The number of aliphatic hydroxyl groups is 1. The summed E-state index contributed by atoms with van der Waals surface area (Å²) in [6, 6.07) is 16.1. The molecule has 3 amide bonds. The molecular weight excluding hydrogens is 486 g/mol. The molecule has 2 atom stereocenters. The lowest BCUT2D eigenvalue weighted by Gasteiger charge is -2.19. The predicted molar refractivity (Wildman–Crippen MR) is 141 cm³/mol. The molecule has 0 spiro atoms. The van der Waals surface area contributed by atoms with Crippen molar-refractivity contribution in [2.75, 3.05) is 18.4 Å². The molecule has 1 aromatic heterocycles. The molecule has 3 aromatic rings. The Morgan fingerprint density at radius 1 is 0.974 bits per heavy atom. The Labute approximate surface area is 220 Å². The first kappa shape index (κ1) is 28.0. The number of carbonyl (C=O) groups excluding carboxylic acids is 3. The van der Waals surface area contributed by atoms with Crippen molar-refractivity contribution in [3.63, 3.8) is 0 Å². The van der Waals surface area contributed by atoms with Crippen LogP contribution in [0.3, 0.4) is 0 Å². The summed E-state index contributed by atoms with van der Waals surface area (Å²) in [5.41, 5.74) is 4.85. The first-order valence-corrected chi connectivity index (χ1v) is 11.9. The van der Waals surface area contributed by atoms with Gasteiger partial charge in [0.15, 0.2) is 0 Å². The third kappa shape index (κ3) is 8.83. The summed E-state index contributed by atoms with van der Waals surface area (Å²) in [5.74, 6) is 4.38. The molecule has 3 rings (SSSR count). The molecule has 0 radical (unpaired) electrons. The van der Waals surface area contributed by atoms with Gasteiger partial charge in [0.2, 0.25) is 5.91 Å². The highest BCUT2D eigenvalue weighted by Crippen LogP contribution is 2.10. The lowest BCUT2D eigenvalue weighted by molar-refractivity contribution is -0.133. The van der Waals surface area contributed by atoms with Gasteiger partial charge >= 0.3 is 0 Å². The number of hydrogen-bond acceptors (Lipinski definition) is 7. The Bertz CT molecular complexity index is 1280. The van der Waals surface area contributed by atoms with E-state index in [1.54, 1.807) is 60.9 Å². The maximum atomic E-state index is 12.4. The number of anilines is 1. The summed E-state index contributed by atoms with van der Waals surface area (Å²) in [6.07, 6.45) is 3.12. The minimum Gasteiger partial charge on any atom is -0.391 e. The maximum absolute atomic E-state index is 12.4. The Balaban J connectivity index is 1.47. The van der Waals surface area contributed by atoms with E-state index >= 15 is 0 Å². The summed E-state index contributed by atoms with van der Waals surface area (Å²) >= 11 is 0. The molecular formula is C28H29N5O5. The number of amides is 3. The molecule has 0 saturated heterocycles. The Hall–Kier alpha value is -4.56. The number of rotatable bonds is 10. The number of nitrogens with one attached hydrogen (secondary N) is 4. The zero-order chi connectivity index (χ0) is 27.3. The smallest absolute Gasteiger partial charge is 0.268 e. The van der Waals surface area contributed by atoms with Gasteiger partial charge in [-0.15, -0.1) is 0 Å². The molecule has 0 unspecified atom stereocenters. The largest absolute Gasteiger partial charge is 0.391 e. The molecule has 0 saturated carbocycles. The van der Waals surface area contributed by atoms with Crippen LogP contribution in [0.2, 0.25) is 0 Å². The highest BCUT2D eigenvalue weighted by molar-refractivity contribution is 5.97. The van der Waals surface area contributed by atoms with E-state index in [0.29, 0.717) is 17.8 Å². The number of benzene rings is 2. The first-order chi connectivity index (χ1) is 18.4. The van der Waals surface area contributed by atoms with Crippen LogP contribution >= 0.6 is 0 Å². The van der Waals surface area contributed by atoms with Crippen LogP contribution in [0.5, 0.6) is 0 Å². The molecule has 0 fully saturated rings. The second kappa shape index (κ2) is 14.2. The van der Waals surface area contributed by atoms with Gasteiger partial charge in [-0.3, -0.25) is 24.6 Å². The molecule has 2 aromatic carbocycles. The van der Waals surface area contributed by atoms with E-state index in [1.807, 2.05) is 12.1 Å². The fraction of sp³-hybridized carbons (Fsp3) is 0.214. The highest BCUT2D eigenvalue weighted by atomic mass is 16.5. The van der Waals surface area contributed by atoms with Crippen LogP contribution in [0.15, 0.2) is 73.1 Å². The molecule has 0 aliphatic rings. The molecule has 1 heterocycles. The summed E-state index contributed by atoms with van der Waals surface area (Å²) in [7, 11) is 0. The number of nitrogens with zero attached hydrogens (tertiary/aromatic N) is 1. The second-order valence-corrected chi connectivity index (χ2v) is 8.41. The van der Waals surface area contributed by atoms with Gasteiger partial charge in [-0.05, 0) is 80.1 Å². The lowest BCUT2D eigenvalue weighted by atomic mass is 10.1. The zero-order valence-electron chi connectivity index (χ0n) is 20.8. The Morgan fingerprint density at radius 3 is 2.21 bits per heavy atom. The molecule has 0 aliphatic carbocycles. The van der Waals surface area contributed by atoms with Crippen LogP contribution in [-0.4, -0.2) is 58.3 Å². The molecule has 0 aliphatic heterocycles. The Morgan fingerprint density at radius 2 is 1.63 bits per heavy atom. The van der Waals surface area contributed by atoms with Crippen molar-refractivity contribution in [3.8, 4) is 11.8 Å². The SMILES string of the molecule is C[C@@H](O)[C@H](NC(=O)c1ccc(C#Cc2ccc(NC(=O)CNCCc3cccnc3)cc2)cc1)C(=O)NO. The van der Waals surface area contributed by atoms with Crippen molar-refractivity contribution in [2.24, 2.45) is 0 Å². The standard InChI is InChI=1S/C28H29N5O5/c1-19(34)26(28(37)33-38)32-27(36)23-10-6-20(7-11-23)4-5-21-8-12-24(13-9-21)31-25(35)18-30-16-14-22-3-2-15-29-17-22/h2-3,6-13,15,17,19,26,30,34,38H,14,16,18H2,1H3,(H,31,35)(H,32,36)(H,33,37)/t19-,26+/m1/s1. The predicted octanol–water partition coefficient (Wildman–Crippen LogP) is 1.24. The van der Waals surface area contributed by atoms with Gasteiger partial charge in [0, 0.05) is 34.8 Å². The Kier molecular flexibility index (Phi) is 10.5. The van der Waals surface area contributed by atoms with Gasteiger partial charge in [-0.2, -0.15) is 0 Å². The van der Waals surface area contributed by atoms with Crippen molar-refractivity contribution in [3.05, 3.63) is 95.3 Å². The van der Waals surface area contributed by atoms with Crippen molar-refractivity contribution >= 4 is 23.4 Å². The maximum Gasteiger partial charge on any atom is 0.268 e. The third-order valence-electron chi connectivity index (χ3n) is 5.43. The van der Waals surface area contributed by atoms with E-state index in [9.17, 15) is 19.5 Å². The van der Waals surface area contributed by atoms with Crippen LogP contribution in [0.4, 0.5) is 5.69 Å². The molecule has 0 bridgehead atoms. The van der Waals surface area contributed by atoms with E-state index < -0.39 is 24.0 Å². The average Bonchev–Trinajstić information content (AvgIpc) is 2.94. The molecule has 10 heteroatoms. The summed E-state index contributed by atoms with van der Waals surface area (Å²) < 4.78 is 0. The van der Waals surface area contributed by atoms with E-state index in [1.165, 1.54) is 12.4 Å². The topological polar surface area (TPSA) is 153 Å². The number of aliphatic hydroxyl groups excluding tert-OH is 1. The van der Waals surface area contributed by atoms with Crippen LogP contribution in [0.1, 0.15) is 34.0 Å². The second-order valence-electron chi connectivity index (χ2n) is 8.41. The van der Waals surface area contributed by atoms with Gasteiger partial charge in [0.25, 0.3) is 11.8 Å². The average molecular weight is 516 g/mol. The molecule has 196 valence electrons. The van der Waals surface area contributed by atoms with Gasteiger partial charge < -0.3 is 21.1 Å². The van der Waals surface area contributed by atoms with Crippen molar-refractivity contribution < 1.29 is 24.7 Å². The highest BCUT2D eigenvalue weighted by Gasteiger charge is 2.25.